The van der Waals surface area contributed by atoms with Gasteiger partial charge in [-0.05, 0) is 44.8 Å². The Morgan fingerprint density at radius 2 is 2.15 bits per heavy atom. The van der Waals surface area contributed by atoms with E-state index in [0.717, 1.165) is 47.5 Å². The van der Waals surface area contributed by atoms with Gasteiger partial charge >= 0.3 is 0 Å². The summed E-state index contributed by atoms with van der Waals surface area (Å²) in [5.74, 6) is 0.601. The number of carbonyl (C=O) groups is 1. The third-order valence-corrected chi connectivity index (χ3v) is 5.28. The number of nitrogens with zero attached hydrogens (tertiary/aromatic N) is 3. The van der Waals surface area contributed by atoms with Crippen molar-refractivity contribution in [3.8, 4) is 11.3 Å². The van der Waals surface area contributed by atoms with Crippen molar-refractivity contribution in [1.82, 2.24) is 25.4 Å². The highest BCUT2D eigenvalue weighted by Gasteiger charge is 2.20. The Morgan fingerprint density at radius 3 is 2.89 bits per heavy atom. The van der Waals surface area contributed by atoms with Crippen molar-refractivity contribution < 1.29 is 4.79 Å². The van der Waals surface area contributed by atoms with Gasteiger partial charge in [0.1, 0.15) is 0 Å². The second-order valence-electron chi connectivity index (χ2n) is 7.23. The summed E-state index contributed by atoms with van der Waals surface area (Å²) in [5, 5.41) is 11.8. The van der Waals surface area contributed by atoms with Crippen molar-refractivity contribution >= 4 is 16.9 Å². The molecule has 3 aromatic rings. The minimum atomic E-state index is -0.0540. The lowest BCUT2D eigenvalue weighted by Gasteiger charge is -2.11. The van der Waals surface area contributed by atoms with E-state index in [4.69, 9.17) is 4.98 Å². The summed E-state index contributed by atoms with van der Waals surface area (Å²) in [6, 6.07) is 11.8. The average Bonchev–Trinajstić information content (AvgIpc) is 3.30. The van der Waals surface area contributed by atoms with E-state index in [9.17, 15) is 4.79 Å². The Bertz CT molecular complexity index is 958. The van der Waals surface area contributed by atoms with E-state index < -0.39 is 0 Å². The molecule has 1 amide bonds. The van der Waals surface area contributed by atoms with Gasteiger partial charge in [-0.15, -0.1) is 0 Å². The molecule has 6 heteroatoms. The highest BCUT2D eigenvalue weighted by atomic mass is 16.1. The minimum absolute atomic E-state index is 0.0540. The van der Waals surface area contributed by atoms with E-state index in [1.807, 2.05) is 50.4 Å². The molecule has 1 saturated heterocycles. The maximum absolute atomic E-state index is 13.0. The van der Waals surface area contributed by atoms with Gasteiger partial charge < -0.3 is 10.6 Å². The molecule has 1 unspecified atom stereocenters. The fourth-order valence-electron chi connectivity index (χ4n) is 3.83. The van der Waals surface area contributed by atoms with Crippen LogP contribution in [0.25, 0.3) is 22.3 Å². The van der Waals surface area contributed by atoms with Crippen LogP contribution in [0.1, 0.15) is 28.9 Å². The van der Waals surface area contributed by atoms with Crippen molar-refractivity contribution in [2.75, 3.05) is 19.6 Å². The third kappa shape index (κ3) is 3.57. The lowest BCUT2D eigenvalue weighted by atomic mass is 10.0. The number of pyridine rings is 1. The zero-order chi connectivity index (χ0) is 18.8. The quantitative estimate of drug-likeness (QED) is 0.731. The molecule has 140 valence electrons. The predicted octanol–water partition coefficient (Wildman–Crippen LogP) is 2.67. The summed E-state index contributed by atoms with van der Waals surface area (Å²) in [6.07, 6.45) is 2.19. The normalized spacial score (nSPS) is 16.7. The van der Waals surface area contributed by atoms with Crippen LogP contribution in [0.2, 0.25) is 0 Å². The summed E-state index contributed by atoms with van der Waals surface area (Å²) >= 11 is 0. The molecule has 2 aromatic heterocycles. The zero-order valence-corrected chi connectivity index (χ0v) is 15.8. The van der Waals surface area contributed by atoms with Crippen LogP contribution in [0.3, 0.4) is 0 Å². The molecule has 6 nitrogen and oxygen atoms in total. The average molecular weight is 363 g/mol. The smallest absolute Gasteiger partial charge is 0.252 e. The van der Waals surface area contributed by atoms with Crippen LogP contribution < -0.4 is 10.6 Å². The first-order chi connectivity index (χ1) is 13.1. The topological polar surface area (TPSA) is 71.8 Å². The Labute approximate surface area is 159 Å². The summed E-state index contributed by atoms with van der Waals surface area (Å²) in [5.41, 5.74) is 3.98. The molecule has 1 aliphatic heterocycles. The molecular weight excluding hydrogens is 338 g/mol. The summed E-state index contributed by atoms with van der Waals surface area (Å²) in [7, 11) is 1.87. The van der Waals surface area contributed by atoms with E-state index >= 15 is 0 Å². The first kappa shape index (κ1) is 17.7. The number of hydrogen-bond acceptors (Lipinski definition) is 4. The predicted molar refractivity (Wildman–Crippen MR) is 107 cm³/mol. The molecule has 1 aromatic carbocycles. The maximum atomic E-state index is 13.0. The first-order valence-electron chi connectivity index (χ1n) is 9.52. The highest BCUT2D eigenvalue weighted by Crippen LogP contribution is 2.26. The number of carbonyl (C=O) groups excluding carboxylic acids is 1. The van der Waals surface area contributed by atoms with E-state index in [1.54, 1.807) is 4.68 Å². The Morgan fingerprint density at radius 1 is 1.33 bits per heavy atom. The number of amides is 1. The molecule has 0 spiro atoms. The Kier molecular flexibility index (Phi) is 4.90. The minimum Gasteiger partial charge on any atom is -0.352 e. The van der Waals surface area contributed by atoms with E-state index in [1.165, 1.54) is 6.42 Å². The highest BCUT2D eigenvalue weighted by molar-refractivity contribution is 6.07. The van der Waals surface area contributed by atoms with Crippen LogP contribution in [0.5, 0.6) is 0 Å². The lowest BCUT2D eigenvalue weighted by molar-refractivity contribution is 0.0953. The molecule has 0 bridgehead atoms. The molecule has 4 rings (SSSR count). The molecular formula is C21H25N5O. The number of aryl methyl sites for hydroxylation is 2. The van der Waals surface area contributed by atoms with Gasteiger partial charge in [-0.25, -0.2) is 4.98 Å². The van der Waals surface area contributed by atoms with Crippen LogP contribution in [0.15, 0.2) is 36.4 Å². The van der Waals surface area contributed by atoms with Crippen molar-refractivity contribution in [2.45, 2.75) is 19.8 Å². The molecule has 27 heavy (non-hydrogen) atoms. The largest absolute Gasteiger partial charge is 0.352 e. The molecule has 3 heterocycles. The summed E-state index contributed by atoms with van der Waals surface area (Å²) in [4.78, 5) is 17.8. The van der Waals surface area contributed by atoms with Crippen LogP contribution in [0, 0.1) is 12.8 Å². The second-order valence-corrected chi connectivity index (χ2v) is 7.23. The SMILES string of the molecule is Cc1nn(C)c2nc(-c3ccccc3)cc(C(=O)NCCC3CCNC3)c12. The number of aromatic nitrogens is 3. The first-order valence-corrected chi connectivity index (χ1v) is 9.52. The van der Waals surface area contributed by atoms with Gasteiger partial charge in [-0.3, -0.25) is 9.48 Å². The van der Waals surface area contributed by atoms with Gasteiger partial charge in [0.2, 0.25) is 0 Å². The Hall–Kier alpha value is -2.73. The molecule has 0 radical (unpaired) electrons. The Balaban J connectivity index is 1.66. The van der Waals surface area contributed by atoms with Crippen LogP contribution >= 0.6 is 0 Å². The third-order valence-electron chi connectivity index (χ3n) is 5.28. The van der Waals surface area contributed by atoms with Gasteiger partial charge in [0.25, 0.3) is 5.91 Å². The maximum Gasteiger partial charge on any atom is 0.252 e. The number of rotatable bonds is 5. The van der Waals surface area contributed by atoms with E-state index in [0.29, 0.717) is 18.0 Å². The molecule has 1 fully saturated rings. The van der Waals surface area contributed by atoms with Gasteiger partial charge in [-0.1, -0.05) is 30.3 Å². The van der Waals surface area contributed by atoms with E-state index in [2.05, 4.69) is 15.7 Å². The van der Waals surface area contributed by atoms with Crippen molar-refractivity contribution in [3.63, 3.8) is 0 Å². The second kappa shape index (κ2) is 7.48. The van der Waals surface area contributed by atoms with Gasteiger partial charge in [0, 0.05) is 19.2 Å². The van der Waals surface area contributed by atoms with Crippen molar-refractivity contribution in [3.05, 3.63) is 47.7 Å². The summed E-state index contributed by atoms with van der Waals surface area (Å²) < 4.78 is 1.75. The molecule has 0 saturated carbocycles. The van der Waals surface area contributed by atoms with Crippen LogP contribution in [-0.2, 0) is 7.05 Å². The number of nitrogens with one attached hydrogen (secondary N) is 2. The molecule has 2 N–H and O–H groups in total. The van der Waals surface area contributed by atoms with Gasteiger partial charge in [0.05, 0.1) is 22.3 Å². The van der Waals surface area contributed by atoms with E-state index in [-0.39, 0.29) is 5.91 Å². The van der Waals surface area contributed by atoms with Gasteiger partial charge in [-0.2, -0.15) is 5.10 Å². The number of fused-ring (bicyclic) bond motifs is 1. The monoisotopic (exact) mass is 363 g/mol. The molecule has 1 aliphatic rings. The van der Waals surface area contributed by atoms with Crippen LogP contribution in [0.4, 0.5) is 0 Å². The van der Waals surface area contributed by atoms with Crippen molar-refractivity contribution in [1.29, 1.82) is 0 Å². The summed E-state index contributed by atoms with van der Waals surface area (Å²) in [6.45, 7) is 4.75. The standard InChI is InChI=1S/C21H25N5O/c1-14-19-17(21(27)23-11-9-15-8-10-22-13-15)12-18(16-6-4-3-5-7-16)24-20(19)26(2)25-14/h3-7,12,15,22H,8-11,13H2,1-2H3,(H,23,27). The number of hydrogen-bond donors (Lipinski definition) is 2. The lowest BCUT2D eigenvalue weighted by Crippen LogP contribution is -2.26. The number of benzene rings is 1. The fraction of sp³-hybridized carbons (Fsp3) is 0.381. The van der Waals surface area contributed by atoms with Gasteiger partial charge in [0.15, 0.2) is 5.65 Å². The van der Waals surface area contributed by atoms with Crippen molar-refractivity contribution in [2.24, 2.45) is 13.0 Å². The molecule has 0 aliphatic carbocycles. The van der Waals surface area contributed by atoms with Crippen LogP contribution in [-0.4, -0.2) is 40.3 Å². The fourth-order valence-corrected chi connectivity index (χ4v) is 3.83. The zero-order valence-electron chi connectivity index (χ0n) is 15.8. The molecule has 1 atom stereocenters.